The van der Waals surface area contributed by atoms with Gasteiger partial charge in [0.15, 0.2) is 0 Å². The molecule has 2 fully saturated rings. The van der Waals surface area contributed by atoms with Crippen LogP contribution < -0.4 is 0 Å². The Labute approximate surface area is 134 Å². The Morgan fingerprint density at radius 2 is 2.09 bits per heavy atom. The van der Waals surface area contributed by atoms with Crippen molar-refractivity contribution in [2.24, 2.45) is 0 Å². The number of nitrogens with zero attached hydrogens (tertiary/aromatic N) is 2. The SMILES string of the molecule is C[C@@H]1CN(C(=O)[C@H]2CCC(=O)N2Cc2cccs2)C[C@H](C)O1. The van der Waals surface area contributed by atoms with Crippen LogP contribution in [-0.2, 0) is 20.9 Å². The van der Waals surface area contributed by atoms with E-state index in [0.29, 0.717) is 32.5 Å². The summed E-state index contributed by atoms with van der Waals surface area (Å²) in [5.74, 6) is 0.158. The minimum atomic E-state index is -0.313. The predicted octanol–water partition coefficient (Wildman–Crippen LogP) is 1.87. The van der Waals surface area contributed by atoms with Crippen molar-refractivity contribution in [3.63, 3.8) is 0 Å². The maximum atomic E-state index is 12.9. The Bertz CT molecular complexity index is 536. The third-order valence-electron chi connectivity index (χ3n) is 4.25. The van der Waals surface area contributed by atoms with Crippen LogP contribution in [0.4, 0.5) is 0 Å². The first-order valence-corrected chi connectivity index (χ1v) is 8.68. The van der Waals surface area contributed by atoms with Crippen molar-refractivity contribution in [1.29, 1.82) is 0 Å². The zero-order chi connectivity index (χ0) is 15.7. The normalized spacial score (nSPS) is 29.2. The number of thiophene rings is 1. The molecule has 0 N–H and O–H groups in total. The summed E-state index contributed by atoms with van der Waals surface area (Å²) in [5, 5.41) is 2.00. The van der Waals surface area contributed by atoms with Crippen molar-refractivity contribution in [3.05, 3.63) is 22.4 Å². The monoisotopic (exact) mass is 322 g/mol. The van der Waals surface area contributed by atoms with Crippen molar-refractivity contribution in [1.82, 2.24) is 9.80 Å². The fraction of sp³-hybridized carbons (Fsp3) is 0.625. The van der Waals surface area contributed by atoms with Crippen LogP contribution in [0.5, 0.6) is 0 Å². The fourth-order valence-electron chi connectivity index (χ4n) is 3.33. The number of morpholine rings is 1. The van der Waals surface area contributed by atoms with Gasteiger partial charge in [0, 0.05) is 24.4 Å². The molecule has 0 aliphatic carbocycles. The molecule has 2 saturated heterocycles. The van der Waals surface area contributed by atoms with Crippen LogP contribution in [0.15, 0.2) is 17.5 Å². The highest BCUT2D eigenvalue weighted by Gasteiger charge is 2.39. The van der Waals surface area contributed by atoms with E-state index in [1.54, 1.807) is 16.2 Å². The molecule has 6 heteroatoms. The Hall–Kier alpha value is -1.40. The number of carbonyl (C=O) groups is 2. The van der Waals surface area contributed by atoms with E-state index >= 15 is 0 Å². The average molecular weight is 322 g/mol. The van der Waals surface area contributed by atoms with Crippen molar-refractivity contribution in [3.8, 4) is 0 Å². The van der Waals surface area contributed by atoms with Crippen LogP contribution in [0.1, 0.15) is 31.6 Å². The van der Waals surface area contributed by atoms with Gasteiger partial charge in [0.1, 0.15) is 6.04 Å². The number of carbonyl (C=O) groups excluding carboxylic acids is 2. The number of rotatable bonds is 3. The molecule has 3 heterocycles. The first kappa shape index (κ1) is 15.5. The van der Waals surface area contributed by atoms with Crippen molar-refractivity contribution in [2.45, 2.75) is 51.5 Å². The maximum Gasteiger partial charge on any atom is 0.245 e. The second-order valence-corrected chi connectivity index (χ2v) is 7.19. The van der Waals surface area contributed by atoms with Crippen LogP contribution in [-0.4, -0.2) is 53.0 Å². The van der Waals surface area contributed by atoms with E-state index in [9.17, 15) is 9.59 Å². The molecule has 120 valence electrons. The molecule has 2 aliphatic rings. The molecule has 3 atom stereocenters. The van der Waals surface area contributed by atoms with E-state index in [0.717, 1.165) is 4.88 Å². The van der Waals surface area contributed by atoms with Crippen molar-refractivity contribution < 1.29 is 14.3 Å². The molecule has 2 aliphatic heterocycles. The predicted molar refractivity (Wildman–Crippen MR) is 84.5 cm³/mol. The van der Waals surface area contributed by atoms with E-state index in [4.69, 9.17) is 4.74 Å². The van der Waals surface area contributed by atoms with E-state index in [2.05, 4.69) is 0 Å². The molecular formula is C16H22N2O3S. The summed E-state index contributed by atoms with van der Waals surface area (Å²) in [6, 6.07) is 3.67. The Balaban J connectivity index is 1.71. The topological polar surface area (TPSA) is 49.9 Å². The standard InChI is InChI=1S/C16H22N2O3S/c1-11-8-17(9-12(2)21-11)16(20)14-5-6-15(19)18(14)10-13-4-3-7-22-13/h3-4,7,11-12,14H,5-6,8-10H2,1-2H3/t11-,12+,14-/m1/s1. The third-order valence-corrected chi connectivity index (χ3v) is 5.11. The number of hydrogen-bond donors (Lipinski definition) is 0. The highest BCUT2D eigenvalue weighted by molar-refractivity contribution is 7.09. The molecular weight excluding hydrogens is 300 g/mol. The summed E-state index contributed by atoms with van der Waals surface area (Å²) < 4.78 is 5.69. The van der Waals surface area contributed by atoms with Crippen LogP contribution in [0.3, 0.4) is 0 Å². The summed E-state index contributed by atoms with van der Waals surface area (Å²) in [6.45, 7) is 5.74. The molecule has 1 aromatic heterocycles. The van der Waals surface area contributed by atoms with Gasteiger partial charge >= 0.3 is 0 Å². The summed E-state index contributed by atoms with van der Waals surface area (Å²) in [5.41, 5.74) is 0. The van der Waals surface area contributed by atoms with Gasteiger partial charge in [-0.1, -0.05) is 6.07 Å². The Morgan fingerprint density at radius 1 is 1.36 bits per heavy atom. The summed E-state index contributed by atoms with van der Waals surface area (Å²) in [7, 11) is 0. The molecule has 0 bridgehead atoms. The zero-order valence-corrected chi connectivity index (χ0v) is 13.8. The van der Waals surface area contributed by atoms with Crippen LogP contribution in [0, 0.1) is 0 Å². The number of ether oxygens (including phenoxy) is 1. The minimum absolute atomic E-state index is 0.0514. The molecule has 0 saturated carbocycles. The molecule has 0 spiro atoms. The van der Waals surface area contributed by atoms with Gasteiger partial charge in [-0.05, 0) is 31.7 Å². The van der Waals surface area contributed by atoms with Crippen LogP contribution in [0.2, 0.25) is 0 Å². The van der Waals surface area contributed by atoms with Crippen LogP contribution >= 0.6 is 11.3 Å². The summed E-state index contributed by atoms with van der Waals surface area (Å²) in [6.07, 6.45) is 1.20. The molecule has 5 nitrogen and oxygen atoms in total. The molecule has 22 heavy (non-hydrogen) atoms. The Morgan fingerprint density at radius 3 is 2.73 bits per heavy atom. The fourth-order valence-corrected chi connectivity index (χ4v) is 4.03. The van der Waals surface area contributed by atoms with Gasteiger partial charge in [0.05, 0.1) is 18.8 Å². The van der Waals surface area contributed by atoms with Gasteiger partial charge in [-0.25, -0.2) is 0 Å². The van der Waals surface area contributed by atoms with E-state index in [1.165, 1.54) is 0 Å². The molecule has 2 amide bonds. The highest BCUT2D eigenvalue weighted by Crippen LogP contribution is 2.25. The molecule has 1 aromatic rings. The lowest BCUT2D eigenvalue weighted by Crippen LogP contribution is -2.53. The second kappa shape index (κ2) is 6.38. The zero-order valence-electron chi connectivity index (χ0n) is 13.0. The lowest BCUT2D eigenvalue weighted by Gasteiger charge is -2.38. The Kier molecular flexibility index (Phi) is 4.49. The minimum Gasteiger partial charge on any atom is -0.372 e. The molecule has 3 rings (SSSR count). The van der Waals surface area contributed by atoms with Crippen molar-refractivity contribution >= 4 is 23.2 Å². The number of hydrogen-bond acceptors (Lipinski definition) is 4. The summed E-state index contributed by atoms with van der Waals surface area (Å²) >= 11 is 1.62. The van der Waals surface area contributed by atoms with Gasteiger partial charge in [-0.15, -0.1) is 11.3 Å². The lowest BCUT2D eigenvalue weighted by atomic mass is 10.1. The smallest absolute Gasteiger partial charge is 0.245 e. The average Bonchev–Trinajstić information content (AvgIpc) is 3.09. The van der Waals surface area contributed by atoms with Gasteiger partial charge in [0.25, 0.3) is 0 Å². The first-order chi connectivity index (χ1) is 10.5. The first-order valence-electron chi connectivity index (χ1n) is 7.80. The van der Waals surface area contributed by atoms with Gasteiger partial charge in [-0.3, -0.25) is 9.59 Å². The quantitative estimate of drug-likeness (QED) is 0.854. The van der Waals surface area contributed by atoms with E-state index in [1.807, 2.05) is 36.3 Å². The molecule has 0 radical (unpaired) electrons. The maximum absolute atomic E-state index is 12.9. The summed E-state index contributed by atoms with van der Waals surface area (Å²) in [4.78, 5) is 29.8. The van der Waals surface area contributed by atoms with Crippen LogP contribution in [0.25, 0.3) is 0 Å². The highest BCUT2D eigenvalue weighted by atomic mass is 32.1. The molecule has 0 aromatic carbocycles. The largest absolute Gasteiger partial charge is 0.372 e. The lowest BCUT2D eigenvalue weighted by molar-refractivity contribution is -0.150. The number of amides is 2. The van der Waals surface area contributed by atoms with E-state index in [-0.39, 0.29) is 30.1 Å². The van der Waals surface area contributed by atoms with Crippen molar-refractivity contribution in [2.75, 3.05) is 13.1 Å². The molecule has 0 unspecified atom stereocenters. The number of likely N-dealkylation sites (tertiary alicyclic amines) is 1. The third kappa shape index (κ3) is 3.17. The van der Waals surface area contributed by atoms with Gasteiger partial charge < -0.3 is 14.5 Å². The van der Waals surface area contributed by atoms with E-state index < -0.39 is 0 Å². The van der Waals surface area contributed by atoms with Gasteiger partial charge in [-0.2, -0.15) is 0 Å². The van der Waals surface area contributed by atoms with Gasteiger partial charge in [0.2, 0.25) is 11.8 Å². The second-order valence-electron chi connectivity index (χ2n) is 6.16.